The Kier molecular flexibility index (Phi) is 5.10. The van der Waals surface area contributed by atoms with E-state index in [4.69, 9.17) is 18.9 Å². The Morgan fingerprint density at radius 3 is 1.92 bits per heavy atom. The topological polar surface area (TPSA) is 71.1 Å². The van der Waals surface area contributed by atoms with Gasteiger partial charge in [0.15, 0.2) is 5.79 Å². The number of carbonyl (C=O) groups is 2. The first-order valence-corrected chi connectivity index (χ1v) is 10.1. The van der Waals surface area contributed by atoms with Crippen LogP contribution in [-0.2, 0) is 28.5 Å². The van der Waals surface area contributed by atoms with Crippen LogP contribution in [0.15, 0.2) is 0 Å². The second-order valence-corrected chi connectivity index (χ2v) is 8.62. The van der Waals surface area contributed by atoms with Crippen LogP contribution in [0.4, 0.5) is 0 Å². The lowest BCUT2D eigenvalue weighted by atomic mass is 9.71. The highest BCUT2D eigenvalue weighted by molar-refractivity contribution is 5.79. The fourth-order valence-corrected chi connectivity index (χ4v) is 5.05. The van der Waals surface area contributed by atoms with Gasteiger partial charge in [-0.2, -0.15) is 0 Å². The molecule has 146 valence electrons. The van der Waals surface area contributed by atoms with Crippen molar-refractivity contribution in [3.05, 3.63) is 0 Å². The maximum Gasteiger partial charge on any atom is 0.312 e. The van der Waals surface area contributed by atoms with Crippen molar-refractivity contribution >= 4 is 11.8 Å². The van der Waals surface area contributed by atoms with Crippen molar-refractivity contribution < 1.29 is 28.5 Å². The van der Waals surface area contributed by atoms with Gasteiger partial charge in [0, 0.05) is 32.3 Å². The minimum absolute atomic E-state index is 0.00431. The third kappa shape index (κ3) is 3.56. The predicted octanol–water partition coefficient (Wildman–Crippen LogP) is 2.77. The van der Waals surface area contributed by atoms with Crippen LogP contribution in [0.2, 0.25) is 0 Å². The molecule has 0 aromatic heterocycles. The van der Waals surface area contributed by atoms with E-state index in [2.05, 4.69) is 0 Å². The van der Waals surface area contributed by atoms with Gasteiger partial charge in [-0.25, -0.2) is 0 Å². The quantitative estimate of drug-likeness (QED) is 0.614. The fraction of sp³-hybridized carbons (Fsp3) is 0.900. The zero-order valence-corrected chi connectivity index (χ0v) is 15.6. The molecule has 0 atom stereocenters. The molecular weight excluding hydrogens is 336 g/mol. The highest BCUT2D eigenvalue weighted by atomic mass is 16.7. The summed E-state index contributed by atoms with van der Waals surface area (Å²) in [5.41, 5.74) is 0.203. The van der Waals surface area contributed by atoms with Crippen molar-refractivity contribution in [1.82, 2.24) is 0 Å². The van der Waals surface area contributed by atoms with Gasteiger partial charge in [-0.15, -0.1) is 0 Å². The van der Waals surface area contributed by atoms with E-state index < -0.39 is 0 Å². The normalized spacial score (nSPS) is 31.2. The van der Waals surface area contributed by atoms with Gasteiger partial charge >= 0.3 is 5.97 Å². The molecule has 6 heteroatoms. The Morgan fingerprint density at radius 2 is 1.38 bits per heavy atom. The van der Waals surface area contributed by atoms with E-state index in [0.717, 1.165) is 71.0 Å². The number of ketones is 1. The van der Waals surface area contributed by atoms with Gasteiger partial charge in [0.1, 0.15) is 5.78 Å². The molecule has 5 aliphatic rings. The Morgan fingerprint density at radius 1 is 0.692 bits per heavy atom. The van der Waals surface area contributed by atoms with E-state index in [0.29, 0.717) is 31.0 Å². The van der Waals surface area contributed by atoms with Gasteiger partial charge in [0.05, 0.1) is 31.8 Å². The summed E-state index contributed by atoms with van der Waals surface area (Å²) in [5.74, 6) is 0.0755. The third-order valence-corrected chi connectivity index (χ3v) is 7.08. The lowest BCUT2D eigenvalue weighted by Gasteiger charge is -2.39. The van der Waals surface area contributed by atoms with E-state index >= 15 is 0 Å². The molecule has 3 saturated heterocycles. The SMILES string of the molecule is O=C1CCC2(CCOC2)CC1.O=C1OCCC12CCC1(CC2)OCCO1. The molecule has 3 spiro atoms. The van der Waals surface area contributed by atoms with Crippen LogP contribution in [0.3, 0.4) is 0 Å². The lowest BCUT2D eigenvalue weighted by molar-refractivity contribution is -0.193. The van der Waals surface area contributed by atoms with Crippen LogP contribution >= 0.6 is 0 Å². The van der Waals surface area contributed by atoms with Gasteiger partial charge in [-0.05, 0) is 43.9 Å². The summed E-state index contributed by atoms with van der Waals surface area (Å²) >= 11 is 0. The molecule has 2 saturated carbocycles. The Balaban J connectivity index is 0.000000136. The molecule has 3 heterocycles. The highest BCUT2D eigenvalue weighted by Gasteiger charge is 2.52. The molecule has 5 rings (SSSR count). The molecular formula is C20H30O6. The van der Waals surface area contributed by atoms with Crippen molar-refractivity contribution in [2.24, 2.45) is 10.8 Å². The Hall–Kier alpha value is -0.980. The molecule has 0 bridgehead atoms. The molecule has 0 radical (unpaired) electrons. The van der Waals surface area contributed by atoms with Gasteiger partial charge in [0.25, 0.3) is 0 Å². The lowest BCUT2D eigenvalue weighted by Crippen LogP contribution is -2.41. The molecule has 0 aromatic rings. The van der Waals surface area contributed by atoms with Crippen molar-refractivity contribution in [1.29, 1.82) is 0 Å². The molecule has 0 amide bonds. The molecule has 6 nitrogen and oxygen atoms in total. The summed E-state index contributed by atoms with van der Waals surface area (Å²) in [5, 5.41) is 0. The van der Waals surface area contributed by atoms with E-state index in [1.165, 1.54) is 6.42 Å². The second-order valence-electron chi connectivity index (χ2n) is 8.62. The van der Waals surface area contributed by atoms with Crippen molar-refractivity contribution in [3.8, 4) is 0 Å². The van der Waals surface area contributed by atoms with E-state index in [-0.39, 0.29) is 17.2 Å². The maximum atomic E-state index is 11.7. The monoisotopic (exact) mass is 366 g/mol. The van der Waals surface area contributed by atoms with Crippen molar-refractivity contribution in [2.75, 3.05) is 33.0 Å². The summed E-state index contributed by atoms with van der Waals surface area (Å²) in [6, 6.07) is 0. The number of hydrogen-bond donors (Lipinski definition) is 0. The summed E-state index contributed by atoms with van der Waals surface area (Å²) in [6.45, 7) is 3.79. The highest BCUT2D eigenvalue weighted by Crippen LogP contribution is 2.49. The smallest absolute Gasteiger partial charge is 0.312 e. The number of esters is 1. The molecule has 0 aromatic carbocycles. The summed E-state index contributed by atoms with van der Waals surface area (Å²) < 4.78 is 21.7. The van der Waals surface area contributed by atoms with Crippen LogP contribution in [0.1, 0.15) is 64.2 Å². The number of hydrogen-bond acceptors (Lipinski definition) is 6. The summed E-state index contributed by atoms with van der Waals surface area (Å²) in [4.78, 5) is 22.6. The summed E-state index contributed by atoms with van der Waals surface area (Å²) in [7, 11) is 0. The average Bonchev–Trinajstić information content (AvgIpc) is 3.38. The van der Waals surface area contributed by atoms with Crippen LogP contribution in [0.25, 0.3) is 0 Å². The first-order valence-electron chi connectivity index (χ1n) is 10.1. The molecule has 3 aliphatic heterocycles. The molecule has 0 unspecified atom stereocenters. The fourth-order valence-electron chi connectivity index (χ4n) is 5.05. The van der Waals surface area contributed by atoms with E-state index in [1.807, 2.05) is 0 Å². The van der Waals surface area contributed by atoms with Crippen LogP contribution in [0.5, 0.6) is 0 Å². The van der Waals surface area contributed by atoms with Gasteiger partial charge in [-0.3, -0.25) is 9.59 Å². The molecule has 5 fully saturated rings. The van der Waals surface area contributed by atoms with Gasteiger partial charge in [0.2, 0.25) is 0 Å². The van der Waals surface area contributed by atoms with Crippen molar-refractivity contribution in [3.63, 3.8) is 0 Å². The van der Waals surface area contributed by atoms with Gasteiger partial charge < -0.3 is 18.9 Å². The zero-order chi connectivity index (χ0) is 18.1. The average molecular weight is 366 g/mol. The second kappa shape index (κ2) is 7.21. The summed E-state index contributed by atoms with van der Waals surface area (Å²) in [6.07, 6.45) is 9.18. The standard InChI is InChI=1S/C11H16O4.C9H14O2/c12-9-10(5-6-13-9)1-3-11(4-2-10)14-7-8-15-11;10-8-1-3-9(4-2-8)5-6-11-7-9/h1-8H2;1-7H2. The van der Waals surface area contributed by atoms with Crippen LogP contribution < -0.4 is 0 Å². The van der Waals surface area contributed by atoms with Gasteiger partial charge in [-0.1, -0.05) is 0 Å². The molecule has 0 N–H and O–H groups in total. The number of cyclic esters (lactones) is 1. The van der Waals surface area contributed by atoms with E-state index in [1.54, 1.807) is 0 Å². The Labute approximate surface area is 154 Å². The largest absolute Gasteiger partial charge is 0.465 e. The van der Waals surface area contributed by atoms with Crippen LogP contribution in [0, 0.1) is 10.8 Å². The molecule has 26 heavy (non-hydrogen) atoms. The first kappa shape index (κ1) is 18.4. The number of carbonyl (C=O) groups excluding carboxylic acids is 2. The maximum absolute atomic E-state index is 11.7. The van der Waals surface area contributed by atoms with E-state index in [9.17, 15) is 9.59 Å². The molecule has 2 aliphatic carbocycles. The predicted molar refractivity (Wildman–Crippen MR) is 92.5 cm³/mol. The number of rotatable bonds is 0. The van der Waals surface area contributed by atoms with Crippen LogP contribution in [-0.4, -0.2) is 50.6 Å². The zero-order valence-electron chi connectivity index (χ0n) is 15.6. The third-order valence-electron chi connectivity index (χ3n) is 7.08. The minimum Gasteiger partial charge on any atom is -0.465 e. The number of ether oxygens (including phenoxy) is 4. The number of Topliss-reactive ketones (excluding diaryl/α,β-unsaturated/α-hetero) is 1. The minimum atomic E-state index is -0.367. The first-order chi connectivity index (χ1) is 12.6. The van der Waals surface area contributed by atoms with Crippen molar-refractivity contribution in [2.45, 2.75) is 70.0 Å². The Bertz CT molecular complexity index is 523.